The minimum atomic E-state index is -0.533. The lowest BCUT2D eigenvalue weighted by Gasteiger charge is -2.31. The number of hydrogen-bond donors (Lipinski definition) is 1. The summed E-state index contributed by atoms with van der Waals surface area (Å²) in [4.78, 5) is 28.5. The zero-order valence-corrected chi connectivity index (χ0v) is 14.0. The van der Waals surface area contributed by atoms with Crippen LogP contribution in [0.25, 0.3) is 0 Å². The molecule has 4 rings (SSSR count). The molecule has 1 aliphatic carbocycles. The average molecular weight is 352 g/mol. The SMILES string of the molecule is CN1C(=O)NC(c2ccc(Cl)cc2Cl)C2=C1CN(C1CC1)C2=O. The predicted molar refractivity (Wildman–Crippen MR) is 87.3 cm³/mol. The molecule has 2 heterocycles. The van der Waals surface area contributed by atoms with Gasteiger partial charge in [-0.1, -0.05) is 29.3 Å². The monoisotopic (exact) mass is 351 g/mol. The molecule has 23 heavy (non-hydrogen) atoms. The molecule has 1 atom stereocenters. The third-order valence-corrected chi connectivity index (χ3v) is 5.21. The lowest BCUT2D eigenvalue weighted by molar-refractivity contribution is -0.126. The number of hydrogen-bond acceptors (Lipinski definition) is 2. The Bertz CT molecular complexity index is 758. The number of likely N-dealkylation sites (N-methyl/N-ethyl adjacent to an activating group) is 1. The van der Waals surface area contributed by atoms with Gasteiger partial charge in [0, 0.05) is 23.1 Å². The van der Waals surface area contributed by atoms with Crippen molar-refractivity contribution in [3.63, 3.8) is 0 Å². The quantitative estimate of drug-likeness (QED) is 0.890. The highest BCUT2D eigenvalue weighted by molar-refractivity contribution is 6.35. The van der Waals surface area contributed by atoms with Crippen molar-refractivity contribution in [2.24, 2.45) is 0 Å². The second-order valence-corrected chi connectivity index (χ2v) is 6.98. The summed E-state index contributed by atoms with van der Waals surface area (Å²) in [7, 11) is 1.69. The topological polar surface area (TPSA) is 52.7 Å². The van der Waals surface area contributed by atoms with Crippen LogP contribution in [-0.2, 0) is 4.79 Å². The highest BCUT2D eigenvalue weighted by Crippen LogP contribution is 2.41. The van der Waals surface area contributed by atoms with E-state index in [4.69, 9.17) is 23.2 Å². The van der Waals surface area contributed by atoms with Gasteiger partial charge in [-0.3, -0.25) is 9.69 Å². The van der Waals surface area contributed by atoms with E-state index in [2.05, 4.69) is 5.32 Å². The largest absolute Gasteiger partial charge is 0.330 e. The molecule has 0 radical (unpaired) electrons. The van der Waals surface area contributed by atoms with Gasteiger partial charge < -0.3 is 10.2 Å². The molecule has 3 aliphatic rings. The zero-order chi connectivity index (χ0) is 16.3. The molecule has 1 unspecified atom stereocenters. The highest BCUT2D eigenvalue weighted by Gasteiger charge is 2.47. The van der Waals surface area contributed by atoms with Crippen molar-refractivity contribution in [1.29, 1.82) is 0 Å². The first-order valence-electron chi connectivity index (χ1n) is 7.50. The van der Waals surface area contributed by atoms with E-state index in [-0.39, 0.29) is 11.9 Å². The van der Waals surface area contributed by atoms with Crippen LogP contribution >= 0.6 is 23.2 Å². The molecular weight excluding hydrogens is 337 g/mol. The van der Waals surface area contributed by atoms with Crippen molar-refractivity contribution < 1.29 is 9.59 Å². The minimum Gasteiger partial charge on any atom is -0.330 e. The number of halogens is 2. The molecule has 5 nitrogen and oxygen atoms in total. The summed E-state index contributed by atoms with van der Waals surface area (Å²) in [5.74, 6) is -0.00892. The lowest BCUT2D eigenvalue weighted by Crippen LogP contribution is -2.45. The Balaban J connectivity index is 1.79. The third kappa shape index (κ3) is 2.30. The maximum Gasteiger partial charge on any atom is 0.322 e. The number of nitrogens with one attached hydrogen (secondary N) is 1. The summed E-state index contributed by atoms with van der Waals surface area (Å²) in [6, 6.07) is 4.64. The van der Waals surface area contributed by atoms with Crippen LogP contribution in [0.5, 0.6) is 0 Å². The molecule has 0 spiro atoms. The molecule has 1 aromatic carbocycles. The maximum atomic E-state index is 12.9. The summed E-state index contributed by atoms with van der Waals surface area (Å²) >= 11 is 12.3. The second kappa shape index (κ2) is 5.14. The number of benzene rings is 1. The smallest absolute Gasteiger partial charge is 0.322 e. The molecular formula is C16H15Cl2N3O2. The number of carbonyl (C=O) groups is 2. The van der Waals surface area contributed by atoms with Gasteiger partial charge in [0.2, 0.25) is 0 Å². The first-order chi connectivity index (χ1) is 11.0. The number of urea groups is 1. The first-order valence-corrected chi connectivity index (χ1v) is 8.26. The Hall–Kier alpha value is -1.72. The van der Waals surface area contributed by atoms with Crippen LogP contribution < -0.4 is 5.32 Å². The van der Waals surface area contributed by atoms with Crippen LogP contribution in [0.15, 0.2) is 29.5 Å². The molecule has 7 heteroatoms. The van der Waals surface area contributed by atoms with E-state index in [1.807, 2.05) is 4.90 Å². The number of amides is 3. The standard InChI is InChI=1S/C16H15Cl2N3O2/c1-20-12-7-21(9-3-4-9)15(22)13(12)14(19-16(20)23)10-5-2-8(17)6-11(10)18/h2,5-6,9,14H,3-4,7H2,1H3,(H,19,23). The highest BCUT2D eigenvalue weighted by atomic mass is 35.5. The summed E-state index contributed by atoms with van der Waals surface area (Å²) < 4.78 is 0. The summed E-state index contributed by atoms with van der Waals surface area (Å²) in [5, 5.41) is 3.84. The fourth-order valence-corrected chi connectivity index (χ4v) is 3.76. The molecule has 3 amide bonds. The van der Waals surface area contributed by atoms with Gasteiger partial charge in [0.15, 0.2) is 0 Å². The van der Waals surface area contributed by atoms with Crippen molar-refractivity contribution in [2.45, 2.75) is 24.9 Å². The van der Waals surface area contributed by atoms with E-state index in [9.17, 15) is 9.59 Å². The van der Waals surface area contributed by atoms with Crippen LogP contribution in [0.1, 0.15) is 24.4 Å². The predicted octanol–water partition coefficient (Wildman–Crippen LogP) is 2.95. The van der Waals surface area contributed by atoms with Crippen molar-refractivity contribution >= 4 is 35.1 Å². The summed E-state index contributed by atoms with van der Waals surface area (Å²) in [5.41, 5.74) is 2.07. The molecule has 120 valence electrons. The van der Waals surface area contributed by atoms with Gasteiger partial charge in [0.1, 0.15) is 0 Å². The van der Waals surface area contributed by atoms with Gasteiger partial charge in [0.05, 0.1) is 23.9 Å². The van der Waals surface area contributed by atoms with Gasteiger partial charge in [0.25, 0.3) is 5.91 Å². The van der Waals surface area contributed by atoms with E-state index in [0.717, 1.165) is 18.5 Å². The molecule has 1 fully saturated rings. The first kappa shape index (κ1) is 14.8. The van der Waals surface area contributed by atoms with E-state index in [1.54, 1.807) is 25.2 Å². The third-order valence-electron chi connectivity index (χ3n) is 4.65. The molecule has 2 aliphatic heterocycles. The van der Waals surface area contributed by atoms with Gasteiger partial charge in [-0.25, -0.2) is 4.79 Å². The Morgan fingerprint density at radius 2 is 1.96 bits per heavy atom. The normalized spacial score (nSPS) is 24.2. The fourth-order valence-electron chi connectivity index (χ4n) is 3.24. The van der Waals surface area contributed by atoms with Crippen molar-refractivity contribution in [3.8, 4) is 0 Å². The van der Waals surface area contributed by atoms with Gasteiger partial charge in [-0.2, -0.15) is 0 Å². The Morgan fingerprint density at radius 3 is 2.61 bits per heavy atom. The van der Waals surface area contributed by atoms with Crippen LogP contribution in [0.2, 0.25) is 10.0 Å². The molecule has 1 aromatic rings. The van der Waals surface area contributed by atoms with E-state index in [1.165, 1.54) is 4.90 Å². The van der Waals surface area contributed by atoms with E-state index < -0.39 is 6.04 Å². The molecule has 0 aromatic heterocycles. The maximum absolute atomic E-state index is 12.9. The fraction of sp³-hybridized carbons (Fsp3) is 0.375. The number of carbonyl (C=O) groups excluding carboxylic acids is 2. The summed E-state index contributed by atoms with van der Waals surface area (Å²) in [6.45, 7) is 0.491. The average Bonchev–Trinajstić information content (AvgIpc) is 3.27. The van der Waals surface area contributed by atoms with E-state index >= 15 is 0 Å². The van der Waals surface area contributed by atoms with E-state index in [0.29, 0.717) is 33.8 Å². The zero-order valence-electron chi connectivity index (χ0n) is 12.5. The Kier molecular flexibility index (Phi) is 3.32. The Morgan fingerprint density at radius 1 is 1.22 bits per heavy atom. The lowest BCUT2D eigenvalue weighted by atomic mass is 9.95. The van der Waals surface area contributed by atoms with Gasteiger partial charge in [-0.05, 0) is 30.5 Å². The van der Waals surface area contributed by atoms with Crippen molar-refractivity contribution in [2.75, 3.05) is 13.6 Å². The van der Waals surface area contributed by atoms with Crippen molar-refractivity contribution in [3.05, 3.63) is 45.1 Å². The molecule has 1 saturated carbocycles. The van der Waals surface area contributed by atoms with Crippen LogP contribution in [0.3, 0.4) is 0 Å². The summed E-state index contributed by atoms with van der Waals surface area (Å²) in [6.07, 6.45) is 2.06. The van der Waals surface area contributed by atoms with Crippen molar-refractivity contribution in [1.82, 2.24) is 15.1 Å². The molecule has 0 saturated heterocycles. The van der Waals surface area contributed by atoms with Gasteiger partial charge >= 0.3 is 6.03 Å². The minimum absolute atomic E-state index is 0.00892. The van der Waals surface area contributed by atoms with Crippen LogP contribution in [0, 0.1) is 0 Å². The van der Waals surface area contributed by atoms with Crippen LogP contribution in [-0.4, -0.2) is 41.4 Å². The number of rotatable bonds is 2. The Labute approximate surface area is 143 Å². The van der Waals surface area contributed by atoms with Crippen LogP contribution in [0.4, 0.5) is 4.79 Å². The molecule has 0 bridgehead atoms. The number of nitrogens with zero attached hydrogens (tertiary/aromatic N) is 2. The second-order valence-electron chi connectivity index (χ2n) is 6.13. The molecule has 1 N–H and O–H groups in total. The van der Waals surface area contributed by atoms with Gasteiger partial charge in [-0.15, -0.1) is 0 Å².